The van der Waals surface area contributed by atoms with Gasteiger partial charge >= 0.3 is 5.51 Å². The molecule has 0 saturated heterocycles. The van der Waals surface area contributed by atoms with Crippen LogP contribution in [0.25, 0.3) is 23.2 Å². The van der Waals surface area contributed by atoms with Gasteiger partial charge in [-0.3, -0.25) is 0 Å². The molecule has 0 aliphatic rings. The molecule has 29 heavy (non-hydrogen) atoms. The van der Waals surface area contributed by atoms with Crippen LogP contribution in [0, 0.1) is 0 Å². The monoisotopic (exact) mass is 423 g/mol. The van der Waals surface area contributed by atoms with Gasteiger partial charge in [0, 0.05) is 26.3 Å². The minimum atomic E-state index is -5.42. The van der Waals surface area contributed by atoms with Crippen molar-refractivity contribution >= 4 is 38.7 Å². The average Bonchev–Trinajstić information content (AvgIpc) is 3.02. The maximum absolute atomic E-state index is 12.8. The van der Waals surface area contributed by atoms with Crippen molar-refractivity contribution in [2.45, 2.75) is 23.9 Å². The lowest BCUT2D eigenvalue weighted by atomic mass is 10.2. The molecule has 1 heterocycles. The van der Waals surface area contributed by atoms with Gasteiger partial charge in [-0.2, -0.15) is 13.2 Å². The Morgan fingerprint density at radius 2 is 1.72 bits per heavy atom. The minimum Gasteiger partial charge on any atom is -0.378 e. The molecule has 5 nitrogen and oxygen atoms in total. The standard InChI is InChI=1S/C20H20F3N3O2S/c1-4-26-18-11-10-16(29(27,28)20(21,22)23)13-17(18)24-19(26)12-7-14-5-8-15(9-6-14)25(2)3/h5-13H,4H2,1-3H3. The van der Waals surface area contributed by atoms with Gasteiger partial charge in [0.2, 0.25) is 0 Å². The summed E-state index contributed by atoms with van der Waals surface area (Å²) >= 11 is 0. The van der Waals surface area contributed by atoms with Gasteiger partial charge in [0.25, 0.3) is 9.84 Å². The van der Waals surface area contributed by atoms with Crippen LogP contribution in [0.1, 0.15) is 18.3 Å². The summed E-state index contributed by atoms with van der Waals surface area (Å²) in [5.74, 6) is 0.528. The molecular weight excluding hydrogens is 403 g/mol. The van der Waals surface area contributed by atoms with Crippen LogP contribution in [-0.4, -0.2) is 37.6 Å². The van der Waals surface area contributed by atoms with E-state index in [2.05, 4.69) is 4.98 Å². The maximum atomic E-state index is 12.8. The van der Waals surface area contributed by atoms with Crippen molar-refractivity contribution in [3.05, 3.63) is 53.9 Å². The molecular formula is C20H20F3N3O2S. The highest BCUT2D eigenvalue weighted by Gasteiger charge is 2.47. The second-order valence-corrected chi connectivity index (χ2v) is 8.57. The van der Waals surface area contributed by atoms with E-state index in [1.807, 2.05) is 60.8 Å². The Morgan fingerprint density at radius 3 is 2.28 bits per heavy atom. The van der Waals surface area contributed by atoms with E-state index < -0.39 is 20.2 Å². The lowest BCUT2D eigenvalue weighted by Crippen LogP contribution is -2.23. The zero-order valence-corrected chi connectivity index (χ0v) is 16.9. The molecule has 0 unspecified atom stereocenters. The number of sulfone groups is 1. The molecule has 154 valence electrons. The van der Waals surface area contributed by atoms with Crippen molar-refractivity contribution in [3.8, 4) is 0 Å². The minimum absolute atomic E-state index is 0.194. The van der Waals surface area contributed by atoms with Gasteiger partial charge in [0.1, 0.15) is 5.82 Å². The van der Waals surface area contributed by atoms with Gasteiger partial charge < -0.3 is 9.47 Å². The molecule has 0 N–H and O–H groups in total. The molecule has 1 aromatic heterocycles. The molecule has 0 aliphatic carbocycles. The SMILES string of the molecule is CCn1c(C=Cc2ccc(N(C)C)cc2)nc2cc(S(=O)(=O)C(F)(F)F)ccc21. The van der Waals surface area contributed by atoms with Gasteiger partial charge in [-0.25, -0.2) is 13.4 Å². The van der Waals surface area contributed by atoms with Crippen LogP contribution in [0.4, 0.5) is 18.9 Å². The van der Waals surface area contributed by atoms with E-state index in [4.69, 9.17) is 0 Å². The van der Waals surface area contributed by atoms with Gasteiger partial charge in [-0.1, -0.05) is 18.2 Å². The fourth-order valence-corrected chi connectivity index (χ4v) is 3.72. The summed E-state index contributed by atoms with van der Waals surface area (Å²) in [7, 11) is -1.52. The lowest BCUT2D eigenvalue weighted by Gasteiger charge is -2.11. The predicted molar refractivity (Wildman–Crippen MR) is 108 cm³/mol. The first-order chi connectivity index (χ1) is 13.5. The number of rotatable bonds is 5. The highest BCUT2D eigenvalue weighted by atomic mass is 32.2. The largest absolute Gasteiger partial charge is 0.501 e. The summed E-state index contributed by atoms with van der Waals surface area (Å²) in [5, 5.41) is 0. The number of fused-ring (bicyclic) bond motifs is 1. The van der Waals surface area contributed by atoms with Gasteiger partial charge in [0.05, 0.1) is 15.9 Å². The lowest BCUT2D eigenvalue weighted by molar-refractivity contribution is -0.0435. The van der Waals surface area contributed by atoms with Crippen molar-refractivity contribution in [1.29, 1.82) is 0 Å². The molecule has 9 heteroatoms. The number of imidazole rings is 1. The smallest absolute Gasteiger partial charge is 0.378 e. The first-order valence-corrected chi connectivity index (χ1v) is 10.3. The van der Waals surface area contributed by atoms with Crippen LogP contribution in [0.15, 0.2) is 47.4 Å². The van der Waals surface area contributed by atoms with Crippen molar-refractivity contribution in [3.63, 3.8) is 0 Å². The Bertz CT molecular complexity index is 1160. The normalized spacial score (nSPS) is 12.8. The van der Waals surface area contributed by atoms with Crippen LogP contribution < -0.4 is 4.90 Å². The van der Waals surface area contributed by atoms with Crippen LogP contribution in [0.3, 0.4) is 0 Å². The zero-order chi connectivity index (χ0) is 21.4. The first kappa shape index (κ1) is 20.9. The number of anilines is 1. The molecule has 0 fully saturated rings. The molecule has 0 atom stereocenters. The van der Waals surface area contributed by atoms with Crippen LogP contribution in [0.5, 0.6) is 0 Å². The fourth-order valence-electron chi connectivity index (χ4n) is 2.94. The van der Waals surface area contributed by atoms with Crippen LogP contribution >= 0.6 is 0 Å². The Kier molecular flexibility index (Phi) is 5.44. The van der Waals surface area contributed by atoms with E-state index in [0.717, 1.165) is 23.4 Å². The Labute approximate surface area is 167 Å². The molecule has 3 aromatic rings. The molecule has 3 rings (SSSR count). The van der Waals surface area contributed by atoms with Crippen molar-refractivity contribution in [2.75, 3.05) is 19.0 Å². The van der Waals surface area contributed by atoms with E-state index in [-0.39, 0.29) is 5.52 Å². The second-order valence-electron chi connectivity index (χ2n) is 6.63. The van der Waals surface area contributed by atoms with Gasteiger partial charge in [0.15, 0.2) is 0 Å². The Morgan fingerprint density at radius 1 is 1.07 bits per heavy atom. The fraction of sp³-hybridized carbons (Fsp3) is 0.250. The topological polar surface area (TPSA) is 55.2 Å². The van der Waals surface area contributed by atoms with E-state index in [1.165, 1.54) is 6.07 Å². The quantitative estimate of drug-likeness (QED) is 0.603. The third-order valence-electron chi connectivity index (χ3n) is 4.51. The highest BCUT2D eigenvalue weighted by molar-refractivity contribution is 7.92. The third-order valence-corrected chi connectivity index (χ3v) is 6.00. The second kappa shape index (κ2) is 7.55. The Hall–Kier alpha value is -2.81. The molecule has 2 aromatic carbocycles. The zero-order valence-electron chi connectivity index (χ0n) is 16.1. The highest BCUT2D eigenvalue weighted by Crippen LogP contribution is 2.32. The summed E-state index contributed by atoms with van der Waals surface area (Å²) < 4.78 is 63.6. The molecule has 0 bridgehead atoms. The first-order valence-electron chi connectivity index (χ1n) is 8.81. The summed E-state index contributed by atoms with van der Waals surface area (Å²) in [6.45, 7) is 2.41. The van der Waals surface area contributed by atoms with E-state index in [0.29, 0.717) is 17.9 Å². The van der Waals surface area contributed by atoms with Crippen molar-refractivity contribution < 1.29 is 21.6 Å². The van der Waals surface area contributed by atoms with E-state index >= 15 is 0 Å². The number of aromatic nitrogens is 2. The molecule has 0 amide bonds. The predicted octanol–water partition coefficient (Wildman–Crippen LogP) is 4.59. The number of alkyl halides is 3. The summed E-state index contributed by atoms with van der Waals surface area (Å²) in [6, 6.07) is 11.1. The number of hydrogen-bond donors (Lipinski definition) is 0. The number of halogens is 3. The van der Waals surface area contributed by atoms with Crippen molar-refractivity contribution in [2.24, 2.45) is 0 Å². The molecule has 0 spiro atoms. The van der Waals surface area contributed by atoms with Crippen molar-refractivity contribution in [1.82, 2.24) is 9.55 Å². The molecule has 0 saturated carbocycles. The number of aryl methyl sites for hydroxylation is 1. The van der Waals surface area contributed by atoms with Gasteiger partial charge in [-0.05, 0) is 48.9 Å². The van der Waals surface area contributed by atoms with Crippen LogP contribution in [0.2, 0.25) is 0 Å². The molecule has 0 radical (unpaired) electrons. The van der Waals surface area contributed by atoms with E-state index in [9.17, 15) is 21.6 Å². The number of hydrogen-bond acceptors (Lipinski definition) is 4. The number of benzene rings is 2. The summed E-state index contributed by atoms with van der Waals surface area (Å²) in [4.78, 5) is 5.51. The Balaban J connectivity index is 2.00. The molecule has 0 aliphatic heterocycles. The number of nitrogens with zero attached hydrogens (tertiary/aromatic N) is 3. The third kappa shape index (κ3) is 4.00. The summed E-state index contributed by atoms with van der Waals surface area (Å²) in [6.07, 6.45) is 3.60. The van der Waals surface area contributed by atoms with Crippen LogP contribution in [-0.2, 0) is 16.4 Å². The maximum Gasteiger partial charge on any atom is 0.501 e. The average molecular weight is 423 g/mol. The van der Waals surface area contributed by atoms with Gasteiger partial charge in [-0.15, -0.1) is 0 Å². The summed E-state index contributed by atoms with van der Waals surface area (Å²) in [5.41, 5.74) is -2.60. The van der Waals surface area contributed by atoms with E-state index in [1.54, 1.807) is 6.08 Å².